The molecule has 1 aliphatic rings. The number of ether oxygens (including phenoxy) is 1. The van der Waals surface area contributed by atoms with Gasteiger partial charge in [-0.05, 0) is 41.3 Å². The van der Waals surface area contributed by atoms with Crippen LogP contribution in [0.5, 0.6) is 5.88 Å². The second-order valence-electron chi connectivity index (χ2n) is 7.77. The van der Waals surface area contributed by atoms with Gasteiger partial charge in [0.2, 0.25) is 5.88 Å². The first kappa shape index (κ1) is 20.6. The van der Waals surface area contributed by atoms with Crippen molar-refractivity contribution in [2.45, 2.75) is 18.4 Å². The fraction of sp³-hybridized carbons (Fsp3) is 0.200. The average Bonchev–Trinajstić information content (AvgIpc) is 3.35. The van der Waals surface area contributed by atoms with E-state index in [2.05, 4.69) is 4.98 Å². The van der Waals surface area contributed by atoms with Crippen molar-refractivity contribution in [3.8, 4) is 16.3 Å². The normalized spacial score (nSPS) is 17.9. The Morgan fingerprint density at radius 3 is 2.78 bits per heavy atom. The number of hydrogen-bond donors (Lipinski definition) is 0. The number of para-hydroxylation sites is 1. The molecule has 7 heteroatoms. The number of amides is 1. The van der Waals surface area contributed by atoms with Gasteiger partial charge in [0.05, 0.1) is 12.1 Å². The lowest BCUT2D eigenvalue weighted by molar-refractivity contribution is -0.131. The molecule has 0 unspecified atom stereocenters. The van der Waals surface area contributed by atoms with Crippen molar-refractivity contribution < 1.29 is 18.3 Å². The maximum atomic E-state index is 14.7. The molecule has 1 atom stereocenters. The number of rotatable bonds is 4. The Balaban J connectivity index is 1.36. The van der Waals surface area contributed by atoms with E-state index < -0.39 is 18.4 Å². The first-order chi connectivity index (χ1) is 15.5. The van der Waals surface area contributed by atoms with Crippen molar-refractivity contribution >= 4 is 28.1 Å². The predicted molar refractivity (Wildman–Crippen MR) is 121 cm³/mol. The molecule has 0 bridgehead atoms. The van der Waals surface area contributed by atoms with Crippen LogP contribution in [0.15, 0.2) is 78.2 Å². The number of piperidine rings is 1. The van der Waals surface area contributed by atoms with Crippen LogP contribution in [0.4, 0.5) is 8.78 Å². The molecule has 1 aliphatic heterocycles. The van der Waals surface area contributed by atoms with Crippen molar-refractivity contribution in [3.05, 3.63) is 83.7 Å². The Bertz CT molecular complexity index is 1260. The second kappa shape index (κ2) is 8.31. The van der Waals surface area contributed by atoms with E-state index in [9.17, 15) is 13.6 Å². The van der Waals surface area contributed by atoms with Crippen LogP contribution in [0.25, 0.3) is 21.3 Å². The van der Waals surface area contributed by atoms with Gasteiger partial charge in [-0.3, -0.25) is 4.79 Å². The number of carbonyl (C=O) groups excluding carboxylic acids is 1. The van der Waals surface area contributed by atoms with Crippen molar-refractivity contribution in [1.29, 1.82) is 0 Å². The van der Waals surface area contributed by atoms with Gasteiger partial charge in [-0.25, -0.2) is 13.8 Å². The van der Waals surface area contributed by atoms with Crippen molar-refractivity contribution in [2.75, 3.05) is 13.1 Å². The number of halogens is 2. The van der Waals surface area contributed by atoms with Gasteiger partial charge in [0.1, 0.15) is 0 Å². The summed E-state index contributed by atoms with van der Waals surface area (Å²) in [6.45, 7) is -0.232. The average molecular weight is 451 g/mol. The summed E-state index contributed by atoms with van der Waals surface area (Å²) in [5.41, 5.74) is 2.08. The Kier molecular flexibility index (Phi) is 5.35. The van der Waals surface area contributed by atoms with Gasteiger partial charge in [0, 0.05) is 34.9 Å². The van der Waals surface area contributed by atoms with Crippen LogP contribution in [-0.4, -0.2) is 40.9 Å². The number of hydrogen-bond acceptors (Lipinski definition) is 4. The molecule has 0 aliphatic carbocycles. The highest BCUT2D eigenvalue weighted by molar-refractivity contribution is 7.13. The molecule has 162 valence electrons. The van der Waals surface area contributed by atoms with Gasteiger partial charge in [-0.1, -0.05) is 36.4 Å². The molecule has 1 saturated heterocycles. The molecule has 4 nitrogen and oxygen atoms in total. The zero-order chi connectivity index (χ0) is 22.1. The van der Waals surface area contributed by atoms with Gasteiger partial charge in [-0.2, -0.15) is 0 Å². The lowest BCUT2D eigenvalue weighted by Crippen LogP contribution is -2.55. The Hall–Kier alpha value is -3.32. The molecule has 0 N–H and O–H groups in total. The lowest BCUT2D eigenvalue weighted by Gasteiger charge is -2.38. The molecule has 0 saturated carbocycles. The highest BCUT2D eigenvalue weighted by atomic mass is 32.1. The molecule has 0 spiro atoms. The van der Waals surface area contributed by atoms with Crippen LogP contribution in [-0.2, 0) is 0 Å². The van der Waals surface area contributed by atoms with Crippen LogP contribution in [0.1, 0.15) is 16.8 Å². The molecule has 3 heterocycles. The van der Waals surface area contributed by atoms with Gasteiger partial charge < -0.3 is 9.64 Å². The summed E-state index contributed by atoms with van der Waals surface area (Å²) in [7, 11) is 0. The van der Waals surface area contributed by atoms with Crippen molar-refractivity contribution in [1.82, 2.24) is 9.88 Å². The van der Waals surface area contributed by atoms with E-state index in [1.54, 1.807) is 35.6 Å². The summed E-state index contributed by atoms with van der Waals surface area (Å²) in [5.74, 6) is -3.20. The first-order valence-electron chi connectivity index (χ1n) is 10.3. The largest absolute Gasteiger partial charge is 0.466 e. The Morgan fingerprint density at radius 1 is 1.06 bits per heavy atom. The van der Waals surface area contributed by atoms with Crippen LogP contribution in [0, 0.1) is 0 Å². The summed E-state index contributed by atoms with van der Waals surface area (Å²) in [6, 6.07) is 22.0. The fourth-order valence-electron chi connectivity index (χ4n) is 3.87. The van der Waals surface area contributed by atoms with E-state index in [0.29, 0.717) is 11.1 Å². The number of pyridine rings is 1. The molecule has 1 amide bonds. The van der Waals surface area contributed by atoms with E-state index in [4.69, 9.17) is 4.74 Å². The SMILES string of the molecule is O=C(c1cccc(-c2cccs2)c1)N1CCC(F)(F)[C@@H](Oc2ccc3ccccc3n2)C1. The minimum Gasteiger partial charge on any atom is -0.466 e. The number of benzene rings is 2. The fourth-order valence-corrected chi connectivity index (χ4v) is 4.59. The van der Waals surface area contributed by atoms with Crippen LogP contribution in [0.2, 0.25) is 0 Å². The van der Waals surface area contributed by atoms with E-state index in [1.165, 1.54) is 4.90 Å². The topological polar surface area (TPSA) is 42.4 Å². The summed E-state index contributed by atoms with van der Waals surface area (Å²) < 4.78 is 35.0. The van der Waals surface area contributed by atoms with E-state index in [-0.39, 0.29) is 24.9 Å². The maximum Gasteiger partial charge on any atom is 0.287 e. The summed E-state index contributed by atoms with van der Waals surface area (Å²) in [4.78, 5) is 20.0. The van der Waals surface area contributed by atoms with E-state index in [1.807, 2.05) is 53.9 Å². The van der Waals surface area contributed by atoms with E-state index in [0.717, 1.165) is 15.8 Å². The number of nitrogens with zero attached hydrogens (tertiary/aromatic N) is 2. The molecule has 0 radical (unpaired) electrons. The highest BCUT2D eigenvalue weighted by Crippen LogP contribution is 2.33. The third-order valence-corrected chi connectivity index (χ3v) is 6.53. The molecule has 2 aromatic carbocycles. The Morgan fingerprint density at radius 2 is 1.94 bits per heavy atom. The summed E-state index contributed by atoms with van der Waals surface area (Å²) in [6.07, 6.45) is -1.92. The van der Waals surface area contributed by atoms with Crippen LogP contribution >= 0.6 is 11.3 Å². The molecule has 1 fully saturated rings. The number of carbonyl (C=O) groups is 1. The van der Waals surface area contributed by atoms with Crippen molar-refractivity contribution in [2.24, 2.45) is 0 Å². The zero-order valence-electron chi connectivity index (χ0n) is 17.1. The lowest BCUT2D eigenvalue weighted by atomic mass is 10.0. The van der Waals surface area contributed by atoms with Gasteiger partial charge >= 0.3 is 0 Å². The third kappa shape index (κ3) is 4.08. The first-order valence-corrected chi connectivity index (χ1v) is 11.2. The minimum absolute atomic E-state index is 0.0277. The van der Waals surface area contributed by atoms with Crippen LogP contribution in [0.3, 0.4) is 0 Å². The molecular weight excluding hydrogens is 430 g/mol. The summed E-state index contributed by atoms with van der Waals surface area (Å²) in [5, 5.41) is 2.87. The zero-order valence-corrected chi connectivity index (χ0v) is 17.9. The second-order valence-corrected chi connectivity index (χ2v) is 8.72. The molecule has 2 aromatic heterocycles. The number of fused-ring (bicyclic) bond motifs is 1. The molecule has 32 heavy (non-hydrogen) atoms. The van der Waals surface area contributed by atoms with Gasteiger partial charge in [0.15, 0.2) is 6.10 Å². The highest BCUT2D eigenvalue weighted by Gasteiger charge is 2.47. The quantitative estimate of drug-likeness (QED) is 0.389. The standard InChI is InChI=1S/C25H20F2N2O2S/c26-25(27)12-13-29(24(30)19-7-3-6-18(15-19)21-9-4-14-32-21)16-22(25)31-23-11-10-17-5-1-2-8-20(17)28-23/h1-11,14-15,22H,12-13,16H2/t22-/m0/s1. The molecule has 4 aromatic rings. The number of alkyl halides is 2. The number of thiophene rings is 1. The third-order valence-electron chi connectivity index (χ3n) is 5.61. The maximum absolute atomic E-state index is 14.7. The molecular formula is C25H20F2N2O2S. The number of likely N-dealkylation sites (tertiary alicyclic amines) is 1. The number of aromatic nitrogens is 1. The Labute approximate surface area is 188 Å². The van der Waals surface area contributed by atoms with Gasteiger partial charge in [-0.15, -0.1) is 11.3 Å². The van der Waals surface area contributed by atoms with Crippen molar-refractivity contribution in [3.63, 3.8) is 0 Å². The minimum atomic E-state index is -3.05. The van der Waals surface area contributed by atoms with Gasteiger partial charge in [0.25, 0.3) is 11.8 Å². The monoisotopic (exact) mass is 450 g/mol. The smallest absolute Gasteiger partial charge is 0.287 e. The van der Waals surface area contributed by atoms with Crippen LogP contribution < -0.4 is 4.74 Å². The van der Waals surface area contributed by atoms with E-state index >= 15 is 0 Å². The molecule has 5 rings (SSSR count). The predicted octanol–water partition coefficient (Wildman–Crippen LogP) is 5.89. The summed E-state index contributed by atoms with van der Waals surface area (Å²) >= 11 is 1.58.